The summed E-state index contributed by atoms with van der Waals surface area (Å²) in [6, 6.07) is 7.06. The lowest BCUT2D eigenvalue weighted by molar-refractivity contribution is 0.292. The molecule has 0 aliphatic carbocycles. The highest BCUT2D eigenvalue weighted by Gasteiger charge is 2.16. The molecule has 2 rings (SSSR count). The Morgan fingerprint density at radius 2 is 1.76 bits per heavy atom. The van der Waals surface area contributed by atoms with Crippen molar-refractivity contribution in [2.24, 2.45) is 0 Å². The standard InChI is InChI=1S/C12H9BrO4/c1-6-9(14)10(15)12(16)17-11(6)7-2-4-8(13)5-3-7/h2-5,15-16H,1H3. The minimum Gasteiger partial charge on any atom is -0.499 e. The van der Waals surface area contributed by atoms with Crippen LogP contribution in [0.25, 0.3) is 11.3 Å². The van der Waals surface area contributed by atoms with Gasteiger partial charge in [-0.05, 0) is 19.1 Å². The van der Waals surface area contributed by atoms with Gasteiger partial charge in [0.2, 0.25) is 11.2 Å². The third kappa shape index (κ3) is 2.06. The van der Waals surface area contributed by atoms with E-state index in [0.717, 1.165) is 4.47 Å². The Morgan fingerprint density at radius 3 is 2.35 bits per heavy atom. The van der Waals surface area contributed by atoms with Gasteiger partial charge in [0.25, 0.3) is 0 Å². The second kappa shape index (κ2) is 4.25. The molecular formula is C12H9BrO4. The van der Waals surface area contributed by atoms with Crippen molar-refractivity contribution in [3.05, 3.63) is 44.5 Å². The van der Waals surface area contributed by atoms with Crippen LogP contribution < -0.4 is 5.43 Å². The molecule has 0 saturated carbocycles. The van der Waals surface area contributed by atoms with Gasteiger partial charge in [0.15, 0.2) is 0 Å². The number of rotatable bonds is 1. The molecule has 1 aromatic carbocycles. The van der Waals surface area contributed by atoms with E-state index < -0.39 is 17.1 Å². The van der Waals surface area contributed by atoms with E-state index in [-0.39, 0.29) is 11.3 Å². The summed E-state index contributed by atoms with van der Waals surface area (Å²) >= 11 is 3.30. The quantitative estimate of drug-likeness (QED) is 0.849. The zero-order valence-electron chi connectivity index (χ0n) is 8.90. The molecule has 0 amide bonds. The first-order chi connectivity index (χ1) is 8.00. The summed E-state index contributed by atoms with van der Waals surface area (Å²) in [5.41, 5.74) is 0.271. The first-order valence-electron chi connectivity index (χ1n) is 4.82. The fraction of sp³-hybridized carbons (Fsp3) is 0.0833. The molecule has 0 aliphatic heterocycles. The summed E-state index contributed by atoms with van der Waals surface area (Å²) in [5, 5.41) is 18.5. The van der Waals surface area contributed by atoms with Crippen molar-refractivity contribution < 1.29 is 14.6 Å². The molecule has 0 fully saturated rings. The molecule has 4 nitrogen and oxygen atoms in total. The van der Waals surface area contributed by atoms with E-state index in [4.69, 9.17) is 4.42 Å². The second-order valence-electron chi connectivity index (χ2n) is 3.55. The largest absolute Gasteiger partial charge is 0.499 e. The zero-order valence-corrected chi connectivity index (χ0v) is 10.5. The predicted octanol–water partition coefficient (Wildman–Crippen LogP) is 2.79. The number of hydrogen-bond donors (Lipinski definition) is 2. The molecule has 2 N–H and O–H groups in total. The third-order valence-corrected chi connectivity index (χ3v) is 2.93. The molecule has 0 atom stereocenters. The fourth-order valence-corrected chi connectivity index (χ4v) is 1.74. The van der Waals surface area contributed by atoms with E-state index in [1.165, 1.54) is 6.92 Å². The summed E-state index contributed by atoms with van der Waals surface area (Å²) in [6.45, 7) is 1.53. The van der Waals surface area contributed by atoms with Gasteiger partial charge in [-0.1, -0.05) is 28.1 Å². The molecular weight excluding hydrogens is 288 g/mol. The summed E-state index contributed by atoms with van der Waals surface area (Å²) in [5.74, 6) is -1.28. The Labute approximate surface area is 105 Å². The summed E-state index contributed by atoms with van der Waals surface area (Å²) in [4.78, 5) is 11.6. The van der Waals surface area contributed by atoms with E-state index in [0.29, 0.717) is 5.56 Å². The van der Waals surface area contributed by atoms with Gasteiger partial charge < -0.3 is 14.6 Å². The van der Waals surface area contributed by atoms with Crippen LogP contribution in [0.4, 0.5) is 0 Å². The van der Waals surface area contributed by atoms with Gasteiger partial charge in [-0.15, -0.1) is 0 Å². The van der Waals surface area contributed by atoms with Crippen LogP contribution in [-0.2, 0) is 0 Å². The van der Waals surface area contributed by atoms with Crippen LogP contribution in [0.3, 0.4) is 0 Å². The minimum absolute atomic E-state index is 0.248. The van der Waals surface area contributed by atoms with Crippen molar-refractivity contribution in [3.63, 3.8) is 0 Å². The Balaban J connectivity index is 2.68. The maximum atomic E-state index is 11.6. The van der Waals surface area contributed by atoms with Crippen LogP contribution in [0.15, 0.2) is 37.9 Å². The smallest absolute Gasteiger partial charge is 0.330 e. The summed E-state index contributed by atoms with van der Waals surface area (Å²) < 4.78 is 5.93. The summed E-state index contributed by atoms with van der Waals surface area (Å²) in [6.07, 6.45) is 0. The SMILES string of the molecule is Cc1c(-c2ccc(Br)cc2)oc(O)c(O)c1=O. The number of benzene rings is 1. The monoisotopic (exact) mass is 296 g/mol. The number of halogens is 1. The fourth-order valence-electron chi connectivity index (χ4n) is 1.48. The van der Waals surface area contributed by atoms with Crippen molar-refractivity contribution in [1.29, 1.82) is 0 Å². The van der Waals surface area contributed by atoms with E-state index in [2.05, 4.69) is 15.9 Å². The summed E-state index contributed by atoms with van der Waals surface area (Å²) in [7, 11) is 0. The van der Waals surface area contributed by atoms with Crippen LogP contribution >= 0.6 is 15.9 Å². The molecule has 0 radical (unpaired) electrons. The average molecular weight is 297 g/mol. The molecule has 88 valence electrons. The average Bonchev–Trinajstić information content (AvgIpc) is 2.32. The van der Waals surface area contributed by atoms with Crippen molar-refractivity contribution in [2.75, 3.05) is 0 Å². The normalized spacial score (nSPS) is 10.5. The molecule has 0 unspecified atom stereocenters. The van der Waals surface area contributed by atoms with Gasteiger partial charge in [-0.25, -0.2) is 0 Å². The lowest BCUT2D eigenvalue weighted by atomic mass is 10.1. The number of aromatic hydroxyl groups is 2. The molecule has 1 heterocycles. The van der Waals surface area contributed by atoms with Crippen molar-refractivity contribution in [1.82, 2.24) is 0 Å². The first-order valence-corrected chi connectivity index (χ1v) is 5.61. The lowest BCUT2D eigenvalue weighted by Crippen LogP contribution is -2.05. The van der Waals surface area contributed by atoms with Crippen LogP contribution in [-0.4, -0.2) is 10.2 Å². The molecule has 5 heteroatoms. The van der Waals surface area contributed by atoms with Gasteiger partial charge in [0.1, 0.15) is 5.76 Å². The van der Waals surface area contributed by atoms with Gasteiger partial charge in [0, 0.05) is 15.6 Å². The molecule has 0 spiro atoms. The highest BCUT2D eigenvalue weighted by atomic mass is 79.9. The zero-order chi connectivity index (χ0) is 12.6. The van der Waals surface area contributed by atoms with Crippen LogP contribution in [0.5, 0.6) is 11.7 Å². The topological polar surface area (TPSA) is 70.7 Å². The highest BCUT2D eigenvalue weighted by molar-refractivity contribution is 9.10. The maximum Gasteiger partial charge on any atom is 0.330 e. The number of hydrogen-bond acceptors (Lipinski definition) is 4. The van der Waals surface area contributed by atoms with Gasteiger partial charge in [-0.2, -0.15) is 0 Å². The van der Waals surface area contributed by atoms with E-state index in [9.17, 15) is 15.0 Å². The molecule has 0 bridgehead atoms. The first kappa shape index (κ1) is 11.7. The highest BCUT2D eigenvalue weighted by Crippen LogP contribution is 2.30. The Bertz CT molecular complexity index is 614. The van der Waals surface area contributed by atoms with Crippen molar-refractivity contribution >= 4 is 15.9 Å². The second-order valence-corrected chi connectivity index (χ2v) is 4.46. The Hall–Kier alpha value is -1.75. The predicted molar refractivity (Wildman–Crippen MR) is 66.2 cm³/mol. The third-order valence-electron chi connectivity index (χ3n) is 2.40. The molecule has 0 aliphatic rings. The van der Waals surface area contributed by atoms with Crippen molar-refractivity contribution in [2.45, 2.75) is 6.92 Å². The van der Waals surface area contributed by atoms with Crippen LogP contribution in [0, 0.1) is 6.92 Å². The lowest BCUT2D eigenvalue weighted by Gasteiger charge is -2.06. The van der Waals surface area contributed by atoms with Crippen LogP contribution in [0.2, 0.25) is 0 Å². The Morgan fingerprint density at radius 1 is 1.18 bits per heavy atom. The van der Waals surface area contributed by atoms with Gasteiger partial charge >= 0.3 is 5.95 Å². The molecule has 1 aromatic heterocycles. The van der Waals surface area contributed by atoms with E-state index in [1.54, 1.807) is 24.3 Å². The maximum absolute atomic E-state index is 11.6. The van der Waals surface area contributed by atoms with E-state index in [1.807, 2.05) is 0 Å². The molecule has 0 saturated heterocycles. The molecule has 2 aromatic rings. The minimum atomic E-state index is -0.765. The van der Waals surface area contributed by atoms with Crippen molar-refractivity contribution in [3.8, 4) is 23.0 Å². The van der Waals surface area contributed by atoms with Gasteiger partial charge in [0.05, 0.1) is 0 Å². The van der Waals surface area contributed by atoms with E-state index >= 15 is 0 Å². The molecule has 17 heavy (non-hydrogen) atoms. The van der Waals surface area contributed by atoms with Gasteiger partial charge in [-0.3, -0.25) is 4.79 Å². The Kier molecular flexibility index (Phi) is 2.93. The van der Waals surface area contributed by atoms with Crippen LogP contribution in [0.1, 0.15) is 5.56 Å².